The summed E-state index contributed by atoms with van der Waals surface area (Å²) in [5.41, 5.74) is -0.638. The molecular weight excluding hydrogens is 346 g/mol. The zero-order valence-electron chi connectivity index (χ0n) is 14.3. The molecule has 0 aliphatic heterocycles. The number of anilines is 1. The number of rotatable bonds is 6. The number of benzene rings is 2. The molecule has 0 saturated carbocycles. The van der Waals surface area contributed by atoms with Crippen LogP contribution in [0.4, 0.5) is 19.3 Å². The summed E-state index contributed by atoms with van der Waals surface area (Å²) >= 11 is 0. The largest absolute Gasteiger partial charge is 0.493 e. The van der Waals surface area contributed by atoms with E-state index in [1.165, 1.54) is 0 Å². The molecule has 0 aliphatic rings. The lowest BCUT2D eigenvalue weighted by Crippen LogP contribution is -2.35. The first-order valence-electron chi connectivity index (χ1n) is 7.92. The van der Waals surface area contributed by atoms with Crippen molar-refractivity contribution in [1.82, 2.24) is 5.32 Å². The number of hydrogen-bond acceptors (Lipinski definition) is 4. The molecule has 2 aromatic carbocycles. The first-order valence-corrected chi connectivity index (χ1v) is 7.92. The van der Waals surface area contributed by atoms with Gasteiger partial charge >= 0.3 is 6.03 Å². The Hall–Kier alpha value is -3.16. The molecule has 0 unspecified atom stereocenters. The maximum absolute atomic E-state index is 13.6. The maximum Gasteiger partial charge on any atom is 0.326 e. The van der Waals surface area contributed by atoms with Crippen molar-refractivity contribution >= 4 is 17.6 Å². The highest BCUT2D eigenvalue weighted by atomic mass is 19.1. The van der Waals surface area contributed by atoms with Crippen molar-refractivity contribution in [2.45, 2.75) is 13.8 Å². The van der Waals surface area contributed by atoms with E-state index in [0.717, 1.165) is 18.2 Å². The highest BCUT2D eigenvalue weighted by Gasteiger charge is 2.22. The molecule has 2 rings (SSSR count). The normalized spacial score (nSPS) is 10.2. The van der Waals surface area contributed by atoms with Crippen LogP contribution in [-0.4, -0.2) is 25.2 Å². The van der Waals surface area contributed by atoms with Crippen LogP contribution in [0, 0.1) is 11.6 Å². The fourth-order valence-corrected chi connectivity index (χ4v) is 2.21. The molecule has 0 atom stereocenters. The van der Waals surface area contributed by atoms with E-state index in [1.54, 1.807) is 32.0 Å². The summed E-state index contributed by atoms with van der Waals surface area (Å²) in [5.74, 6) is -2.30. The summed E-state index contributed by atoms with van der Waals surface area (Å²) < 4.78 is 38.0. The first kappa shape index (κ1) is 19.2. The molecule has 0 saturated heterocycles. The maximum atomic E-state index is 13.6. The fraction of sp³-hybridized carbons (Fsp3) is 0.222. The molecule has 6 nitrogen and oxygen atoms in total. The zero-order valence-corrected chi connectivity index (χ0v) is 14.3. The predicted molar refractivity (Wildman–Crippen MR) is 91.6 cm³/mol. The lowest BCUT2D eigenvalue weighted by Gasteiger charge is -2.15. The molecule has 0 radical (unpaired) electrons. The zero-order chi connectivity index (χ0) is 19.1. The second-order valence-electron chi connectivity index (χ2n) is 5.00. The molecule has 2 aromatic rings. The molecule has 0 heterocycles. The molecule has 3 amide bonds. The van der Waals surface area contributed by atoms with Gasteiger partial charge in [0.2, 0.25) is 0 Å². The predicted octanol–water partition coefficient (Wildman–Crippen LogP) is 3.72. The van der Waals surface area contributed by atoms with Crippen LogP contribution in [0.1, 0.15) is 24.2 Å². The third kappa shape index (κ3) is 4.47. The number of hydrogen-bond donors (Lipinski definition) is 2. The third-order valence-electron chi connectivity index (χ3n) is 3.24. The summed E-state index contributed by atoms with van der Waals surface area (Å²) in [7, 11) is 0. The van der Waals surface area contributed by atoms with Crippen molar-refractivity contribution in [2.24, 2.45) is 0 Å². The van der Waals surface area contributed by atoms with Crippen LogP contribution >= 0.6 is 0 Å². The average Bonchev–Trinajstić information content (AvgIpc) is 2.59. The highest BCUT2D eigenvalue weighted by molar-refractivity contribution is 6.10. The Morgan fingerprint density at radius 2 is 1.42 bits per heavy atom. The minimum atomic E-state index is -1.09. The fourth-order valence-electron chi connectivity index (χ4n) is 2.21. The van der Waals surface area contributed by atoms with Gasteiger partial charge in [0, 0.05) is 0 Å². The number of imide groups is 1. The SMILES string of the molecule is CCOc1cccc(OCC)c1C(=O)NC(=O)Nc1c(F)cccc1F. The number of urea groups is 1. The summed E-state index contributed by atoms with van der Waals surface area (Å²) in [6, 6.07) is 6.78. The molecule has 0 aromatic heterocycles. The van der Waals surface area contributed by atoms with Gasteiger partial charge in [-0.05, 0) is 38.1 Å². The van der Waals surface area contributed by atoms with Crippen LogP contribution < -0.4 is 20.1 Å². The second-order valence-corrected chi connectivity index (χ2v) is 5.00. The molecule has 0 aliphatic carbocycles. The molecular formula is C18H18F2N2O4. The lowest BCUT2D eigenvalue weighted by atomic mass is 10.1. The van der Waals surface area contributed by atoms with Gasteiger partial charge in [-0.1, -0.05) is 12.1 Å². The summed E-state index contributed by atoms with van der Waals surface area (Å²) in [5, 5.41) is 3.99. The number of amides is 3. The Morgan fingerprint density at radius 3 is 1.92 bits per heavy atom. The van der Waals surface area contributed by atoms with E-state index in [4.69, 9.17) is 9.47 Å². The van der Waals surface area contributed by atoms with E-state index in [9.17, 15) is 18.4 Å². The minimum absolute atomic E-state index is 0.0142. The van der Waals surface area contributed by atoms with E-state index in [1.807, 2.05) is 10.6 Å². The van der Waals surface area contributed by atoms with E-state index < -0.39 is 29.3 Å². The highest BCUT2D eigenvalue weighted by Crippen LogP contribution is 2.28. The topological polar surface area (TPSA) is 76.7 Å². The average molecular weight is 364 g/mol. The van der Waals surface area contributed by atoms with Crippen molar-refractivity contribution in [3.8, 4) is 11.5 Å². The Bertz CT molecular complexity index is 767. The number of halogens is 2. The Balaban J connectivity index is 2.22. The van der Waals surface area contributed by atoms with Crippen molar-refractivity contribution in [3.63, 3.8) is 0 Å². The number of nitrogens with one attached hydrogen (secondary N) is 2. The third-order valence-corrected chi connectivity index (χ3v) is 3.24. The van der Waals surface area contributed by atoms with Gasteiger partial charge in [0.05, 0.1) is 13.2 Å². The molecule has 0 bridgehead atoms. The smallest absolute Gasteiger partial charge is 0.326 e. The van der Waals surface area contributed by atoms with E-state index >= 15 is 0 Å². The molecule has 0 spiro atoms. The van der Waals surface area contributed by atoms with E-state index in [0.29, 0.717) is 13.2 Å². The molecule has 2 N–H and O–H groups in total. The molecule has 26 heavy (non-hydrogen) atoms. The van der Waals surface area contributed by atoms with Gasteiger partial charge in [0.15, 0.2) is 0 Å². The van der Waals surface area contributed by atoms with Gasteiger partial charge in [-0.3, -0.25) is 10.1 Å². The summed E-state index contributed by atoms with van der Waals surface area (Å²) in [6.45, 7) is 4.07. The Morgan fingerprint density at radius 1 is 0.923 bits per heavy atom. The van der Waals surface area contributed by atoms with Crippen LogP contribution in [-0.2, 0) is 0 Å². The summed E-state index contributed by atoms with van der Waals surface area (Å²) in [4.78, 5) is 24.5. The van der Waals surface area contributed by atoms with Crippen LogP contribution in [0.25, 0.3) is 0 Å². The van der Waals surface area contributed by atoms with Crippen LogP contribution in [0.2, 0.25) is 0 Å². The van der Waals surface area contributed by atoms with Crippen LogP contribution in [0.15, 0.2) is 36.4 Å². The van der Waals surface area contributed by atoms with Crippen molar-refractivity contribution in [1.29, 1.82) is 0 Å². The van der Waals surface area contributed by atoms with E-state index in [-0.39, 0.29) is 17.1 Å². The number of para-hydroxylation sites is 1. The number of ether oxygens (including phenoxy) is 2. The summed E-state index contributed by atoms with van der Waals surface area (Å²) in [6.07, 6.45) is 0. The molecule has 138 valence electrons. The van der Waals surface area contributed by atoms with Crippen LogP contribution in [0.5, 0.6) is 11.5 Å². The van der Waals surface area contributed by atoms with Crippen molar-refractivity contribution < 1.29 is 27.8 Å². The minimum Gasteiger partial charge on any atom is -0.493 e. The number of carbonyl (C=O) groups excluding carboxylic acids is 2. The Kier molecular flexibility index (Phi) is 6.48. The monoisotopic (exact) mass is 364 g/mol. The standard InChI is InChI=1S/C18H18F2N2O4/c1-3-25-13-9-6-10-14(26-4-2)15(13)17(23)22-18(24)21-16-11(19)7-5-8-12(16)20/h5-10H,3-4H2,1-2H3,(H2,21,22,23,24). The van der Waals surface area contributed by atoms with Crippen LogP contribution in [0.3, 0.4) is 0 Å². The van der Waals surface area contributed by atoms with Gasteiger partial charge in [-0.2, -0.15) is 0 Å². The van der Waals surface area contributed by atoms with Gasteiger partial charge in [-0.15, -0.1) is 0 Å². The van der Waals surface area contributed by atoms with Gasteiger partial charge in [-0.25, -0.2) is 13.6 Å². The lowest BCUT2D eigenvalue weighted by molar-refractivity contribution is 0.0959. The van der Waals surface area contributed by atoms with Gasteiger partial charge < -0.3 is 14.8 Å². The van der Waals surface area contributed by atoms with Crippen molar-refractivity contribution in [3.05, 3.63) is 53.6 Å². The van der Waals surface area contributed by atoms with E-state index in [2.05, 4.69) is 0 Å². The van der Waals surface area contributed by atoms with Gasteiger partial charge in [0.25, 0.3) is 5.91 Å². The Labute approximate surface area is 149 Å². The van der Waals surface area contributed by atoms with Crippen molar-refractivity contribution in [2.75, 3.05) is 18.5 Å². The number of carbonyl (C=O) groups is 2. The second kappa shape index (κ2) is 8.80. The van der Waals surface area contributed by atoms with Gasteiger partial charge in [0.1, 0.15) is 34.4 Å². The molecule has 8 heteroatoms. The first-order chi connectivity index (χ1) is 12.5. The quantitative estimate of drug-likeness (QED) is 0.819. The molecule has 0 fully saturated rings.